The van der Waals surface area contributed by atoms with Gasteiger partial charge >= 0.3 is 5.97 Å². The first-order valence-corrected chi connectivity index (χ1v) is 13.0. The summed E-state index contributed by atoms with van der Waals surface area (Å²) >= 11 is 5.13. The molecule has 0 saturated heterocycles. The molecule has 5 heteroatoms. The second-order valence-electron chi connectivity index (χ2n) is 5.99. The van der Waals surface area contributed by atoms with Crippen LogP contribution in [0.25, 0.3) is 0 Å². The molecule has 0 N–H and O–H groups in total. The minimum Gasteiger partial charge on any atom is -0.462 e. The second kappa shape index (κ2) is 16.7. The van der Waals surface area contributed by atoms with Gasteiger partial charge in [-0.1, -0.05) is 116 Å². The van der Waals surface area contributed by atoms with E-state index >= 15 is 0 Å². The maximum atomic E-state index is 11.2. The van der Waals surface area contributed by atoms with Crippen molar-refractivity contribution in [2.24, 2.45) is 0 Å². The van der Waals surface area contributed by atoms with Crippen molar-refractivity contribution >= 4 is 60.7 Å². The summed E-state index contributed by atoms with van der Waals surface area (Å²) < 4.78 is 6.02. The fraction of sp³-hybridized carbons (Fsp3) is 0.824. The van der Waals surface area contributed by atoms with Crippen LogP contribution in [-0.4, -0.2) is 23.7 Å². The molecule has 130 valence electrons. The van der Waals surface area contributed by atoms with E-state index in [2.05, 4.69) is 51.8 Å². The van der Waals surface area contributed by atoms with Gasteiger partial charge in [0.15, 0.2) is 0 Å². The molecule has 0 aliphatic rings. The Morgan fingerprint density at radius 3 is 1.86 bits per heavy atom. The molecule has 0 aliphatic carbocycles. The van der Waals surface area contributed by atoms with Gasteiger partial charge in [-0.3, -0.25) is 0 Å². The average Bonchev–Trinajstić information content (AvgIpc) is 2.46. The topological polar surface area (TPSA) is 26.3 Å². The zero-order valence-electron chi connectivity index (χ0n) is 14.0. The maximum Gasteiger partial charge on any atom is 0.333 e. The van der Waals surface area contributed by atoms with Gasteiger partial charge in [-0.25, -0.2) is 4.79 Å². The van der Waals surface area contributed by atoms with Crippen LogP contribution in [0.15, 0.2) is 12.2 Å². The van der Waals surface area contributed by atoms with Crippen molar-refractivity contribution in [1.29, 1.82) is 0 Å². The highest BCUT2D eigenvalue weighted by molar-refractivity contribution is 14.2. The van der Waals surface area contributed by atoms with Crippen molar-refractivity contribution in [2.75, 3.05) is 6.61 Å². The van der Waals surface area contributed by atoms with Gasteiger partial charge in [0.2, 0.25) is 0 Å². The number of hydrogen-bond donors (Lipinski definition) is 0. The van der Waals surface area contributed by atoms with Crippen LogP contribution in [-0.2, 0) is 9.53 Å². The third-order valence-electron chi connectivity index (χ3n) is 3.65. The molecule has 0 aromatic rings. The van der Waals surface area contributed by atoms with E-state index in [4.69, 9.17) is 4.74 Å². The van der Waals surface area contributed by atoms with Crippen molar-refractivity contribution in [1.82, 2.24) is 0 Å². The van der Waals surface area contributed by atoms with E-state index in [-0.39, 0.29) is 15.5 Å². The third kappa shape index (κ3) is 17.2. The second-order valence-corrected chi connectivity index (χ2v) is 16.8. The van der Waals surface area contributed by atoms with Crippen molar-refractivity contribution in [3.8, 4) is 0 Å². The highest BCUT2D eigenvalue weighted by Gasteiger charge is 2.01. The number of halogens is 2. The molecule has 2 nitrogen and oxygen atoms in total. The predicted octanol–water partition coefficient (Wildman–Crippen LogP) is 5.75. The number of carbonyl (C=O) groups excluding carboxylic acids is 1. The molecule has 22 heavy (non-hydrogen) atoms. The van der Waals surface area contributed by atoms with E-state index in [9.17, 15) is 4.79 Å². The summed E-state index contributed by atoms with van der Waals surface area (Å²) in [6.45, 7) is 5.80. The Morgan fingerprint density at radius 1 is 0.955 bits per heavy atom. The van der Waals surface area contributed by atoms with Gasteiger partial charge in [-0.05, 0) is 13.3 Å². The van der Waals surface area contributed by atoms with Crippen molar-refractivity contribution in [2.45, 2.75) is 78.7 Å². The summed E-state index contributed by atoms with van der Waals surface area (Å²) in [5, 5.41) is 0. The molecule has 0 aromatic carbocycles. The maximum absolute atomic E-state index is 11.2. The SMILES string of the molecule is C=C(C)C(=O)OCCCCCCCCCCCC[SiH2]C(I)I. The monoisotopic (exact) mass is 550 g/mol. The number of unbranched alkanes of at least 4 members (excludes halogenated alkanes) is 9. The Kier molecular flexibility index (Phi) is 17.4. The van der Waals surface area contributed by atoms with Crippen molar-refractivity contribution < 1.29 is 9.53 Å². The van der Waals surface area contributed by atoms with E-state index in [1.807, 2.05) is 0 Å². The molecular formula is C17H32I2O2Si. The molecule has 0 rings (SSSR count). The van der Waals surface area contributed by atoms with E-state index in [1.165, 1.54) is 63.8 Å². The number of carbonyl (C=O) groups is 1. The number of alkyl halides is 2. The first-order valence-electron chi connectivity index (χ1n) is 8.65. The third-order valence-corrected chi connectivity index (χ3v) is 8.73. The Balaban J connectivity index is 3.08. The zero-order chi connectivity index (χ0) is 16.6. The normalized spacial score (nSPS) is 11.5. The summed E-state index contributed by atoms with van der Waals surface area (Å²) in [6, 6.07) is 1.53. The van der Waals surface area contributed by atoms with Gasteiger partial charge < -0.3 is 4.74 Å². The average molecular weight is 550 g/mol. The van der Waals surface area contributed by atoms with Crippen LogP contribution in [0.5, 0.6) is 0 Å². The molecule has 0 aliphatic heterocycles. The molecule has 0 fully saturated rings. The minimum atomic E-state index is -0.254. The van der Waals surface area contributed by atoms with Gasteiger partial charge in [-0.15, -0.1) is 0 Å². The number of esters is 1. The lowest BCUT2D eigenvalue weighted by atomic mass is 10.1. The van der Waals surface area contributed by atoms with Gasteiger partial charge in [0.25, 0.3) is 0 Å². The summed E-state index contributed by atoms with van der Waals surface area (Å²) in [5.74, 6) is -0.254. The molecule has 0 spiro atoms. The van der Waals surface area contributed by atoms with Crippen molar-refractivity contribution in [3.05, 3.63) is 12.2 Å². The van der Waals surface area contributed by atoms with Gasteiger partial charge in [0, 0.05) is 16.6 Å². The summed E-state index contributed by atoms with van der Waals surface area (Å²) in [7, 11) is 0.215. The highest BCUT2D eigenvalue weighted by atomic mass is 127. The van der Waals surface area contributed by atoms with Crippen LogP contribution in [0.4, 0.5) is 0 Å². The summed E-state index contributed by atoms with van der Waals surface area (Å²) in [6.07, 6.45) is 13.3. The molecule has 0 radical (unpaired) electrons. The number of ether oxygens (including phenoxy) is 1. The fourth-order valence-electron chi connectivity index (χ4n) is 2.28. The van der Waals surface area contributed by atoms with Crippen LogP contribution in [0, 0.1) is 0 Å². The molecule has 0 atom stereocenters. The smallest absolute Gasteiger partial charge is 0.333 e. The zero-order valence-corrected chi connectivity index (χ0v) is 19.8. The molecule has 0 amide bonds. The lowest BCUT2D eigenvalue weighted by Crippen LogP contribution is -2.05. The van der Waals surface area contributed by atoms with Crippen LogP contribution in [0.1, 0.15) is 71.1 Å². The largest absolute Gasteiger partial charge is 0.462 e. The van der Waals surface area contributed by atoms with Crippen LogP contribution >= 0.6 is 45.2 Å². The Bertz CT molecular complexity index is 296. The molecule has 0 heterocycles. The molecule has 0 saturated carbocycles. The quantitative estimate of drug-likeness (QED) is 0.0649. The standard InChI is InChI=1S/C17H32I2O2Si/c1-15(2)16(20)21-13-11-9-7-5-3-4-6-8-10-12-14-22-17(18)19/h17H,1,3-14,22H2,2H3. The Labute approximate surface area is 166 Å². The molecular weight excluding hydrogens is 518 g/mol. The van der Waals surface area contributed by atoms with Crippen LogP contribution in [0.3, 0.4) is 0 Å². The lowest BCUT2D eigenvalue weighted by molar-refractivity contribution is -0.139. The van der Waals surface area contributed by atoms with E-state index in [0.717, 1.165) is 7.98 Å². The molecule has 0 unspecified atom stereocenters. The van der Waals surface area contributed by atoms with Gasteiger partial charge in [-0.2, -0.15) is 0 Å². The Morgan fingerprint density at radius 2 is 1.41 bits per heavy atom. The fourth-order valence-corrected chi connectivity index (χ4v) is 5.87. The van der Waals surface area contributed by atoms with Gasteiger partial charge in [0.05, 0.1) is 6.61 Å². The number of hydrogen-bond acceptors (Lipinski definition) is 2. The predicted molar refractivity (Wildman–Crippen MR) is 117 cm³/mol. The molecule has 0 bridgehead atoms. The molecule has 0 aromatic heterocycles. The Hall–Kier alpha value is 0.887. The van der Waals surface area contributed by atoms with E-state index in [1.54, 1.807) is 6.92 Å². The van der Waals surface area contributed by atoms with E-state index in [0.29, 0.717) is 12.2 Å². The van der Waals surface area contributed by atoms with E-state index < -0.39 is 0 Å². The minimum absolute atomic E-state index is 0.215. The van der Waals surface area contributed by atoms with Crippen LogP contribution in [0.2, 0.25) is 6.04 Å². The van der Waals surface area contributed by atoms with Gasteiger partial charge in [0.1, 0.15) is 0 Å². The van der Waals surface area contributed by atoms with Crippen molar-refractivity contribution in [3.63, 3.8) is 0 Å². The lowest BCUT2D eigenvalue weighted by Gasteiger charge is -2.05. The first kappa shape index (κ1) is 22.9. The van der Waals surface area contributed by atoms with Crippen LogP contribution < -0.4 is 0 Å². The number of rotatable bonds is 15. The summed E-state index contributed by atoms with van der Waals surface area (Å²) in [4.78, 5) is 11.2. The summed E-state index contributed by atoms with van der Waals surface area (Å²) in [5.41, 5.74) is 0.491. The highest BCUT2D eigenvalue weighted by Crippen LogP contribution is 2.14. The first-order chi connectivity index (χ1) is 10.5.